The number of hydrogen-bond acceptors (Lipinski definition) is 3. The van der Waals surface area contributed by atoms with Crippen LogP contribution < -0.4 is 5.32 Å². The van der Waals surface area contributed by atoms with E-state index < -0.39 is 4.92 Å². The van der Waals surface area contributed by atoms with Crippen LogP contribution in [0.15, 0.2) is 53.1 Å². The van der Waals surface area contributed by atoms with E-state index in [-0.39, 0.29) is 5.69 Å². The Morgan fingerprint density at radius 3 is 2.86 bits per heavy atom. The number of halogens is 1. The Bertz CT molecular complexity index is 814. The normalized spacial score (nSPS) is 10.7. The first-order valence-electron chi connectivity index (χ1n) is 6.37. The molecule has 0 amide bonds. The second-order valence-corrected chi connectivity index (χ2v) is 5.53. The number of nitrogens with one attached hydrogen (secondary N) is 2. The predicted molar refractivity (Wildman–Crippen MR) is 86.4 cm³/mol. The molecular weight excluding hydrogens is 334 g/mol. The lowest BCUT2D eigenvalue weighted by Crippen LogP contribution is -2.00. The number of nitro groups is 1. The first kappa shape index (κ1) is 13.6. The van der Waals surface area contributed by atoms with Crippen molar-refractivity contribution in [1.82, 2.24) is 4.98 Å². The fraction of sp³-hybridized carbons (Fsp3) is 0.0667. The van der Waals surface area contributed by atoms with Gasteiger partial charge in [-0.05, 0) is 57.2 Å². The van der Waals surface area contributed by atoms with E-state index in [9.17, 15) is 10.1 Å². The number of H-pyrrole nitrogens is 1. The first-order chi connectivity index (χ1) is 10.1. The molecular formula is C15H12BrN3O2. The molecule has 0 fully saturated rings. The topological polar surface area (TPSA) is 71.0 Å². The molecule has 2 N–H and O–H groups in total. The minimum absolute atomic E-state index is 0.0566. The highest BCUT2D eigenvalue weighted by atomic mass is 79.9. The third-order valence-electron chi connectivity index (χ3n) is 3.26. The van der Waals surface area contributed by atoms with Crippen molar-refractivity contribution in [3.05, 3.63) is 68.8 Å². The van der Waals surface area contributed by atoms with Crippen molar-refractivity contribution in [3.63, 3.8) is 0 Å². The highest BCUT2D eigenvalue weighted by Crippen LogP contribution is 2.28. The van der Waals surface area contributed by atoms with E-state index >= 15 is 0 Å². The third-order valence-corrected chi connectivity index (χ3v) is 3.93. The summed E-state index contributed by atoms with van der Waals surface area (Å²) in [4.78, 5) is 13.7. The summed E-state index contributed by atoms with van der Waals surface area (Å²) in [6.45, 7) is 0.611. The average Bonchev–Trinajstić information content (AvgIpc) is 2.93. The Morgan fingerprint density at radius 1 is 1.19 bits per heavy atom. The molecule has 0 saturated carbocycles. The van der Waals surface area contributed by atoms with Gasteiger partial charge in [-0.25, -0.2) is 0 Å². The van der Waals surface area contributed by atoms with Crippen molar-refractivity contribution < 1.29 is 4.92 Å². The van der Waals surface area contributed by atoms with Gasteiger partial charge in [-0.3, -0.25) is 10.1 Å². The third kappa shape index (κ3) is 2.90. The molecule has 0 atom stereocenters. The summed E-state index contributed by atoms with van der Waals surface area (Å²) in [6, 6.07) is 13.2. The highest BCUT2D eigenvalue weighted by Gasteiger charge is 2.12. The molecule has 0 unspecified atom stereocenters. The SMILES string of the molecule is O=[N+]([O-])c1cc(NCc2ccc3[nH]ccc3c2)ccc1Br. The molecule has 0 radical (unpaired) electrons. The highest BCUT2D eigenvalue weighted by molar-refractivity contribution is 9.10. The van der Waals surface area contributed by atoms with Crippen LogP contribution in [-0.2, 0) is 6.54 Å². The molecule has 5 nitrogen and oxygen atoms in total. The molecule has 0 aliphatic heterocycles. The van der Waals surface area contributed by atoms with Crippen molar-refractivity contribution in [2.24, 2.45) is 0 Å². The summed E-state index contributed by atoms with van der Waals surface area (Å²) in [6.07, 6.45) is 1.90. The number of anilines is 1. The number of fused-ring (bicyclic) bond motifs is 1. The largest absolute Gasteiger partial charge is 0.381 e. The average molecular weight is 346 g/mol. The van der Waals surface area contributed by atoms with Gasteiger partial charge in [0.1, 0.15) is 0 Å². The van der Waals surface area contributed by atoms with Gasteiger partial charge < -0.3 is 10.3 Å². The van der Waals surface area contributed by atoms with E-state index in [1.807, 2.05) is 30.5 Å². The van der Waals surface area contributed by atoms with Gasteiger partial charge in [0.25, 0.3) is 5.69 Å². The van der Waals surface area contributed by atoms with Gasteiger partial charge in [0.15, 0.2) is 0 Å². The lowest BCUT2D eigenvalue weighted by atomic mass is 10.1. The van der Waals surface area contributed by atoms with E-state index in [1.54, 1.807) is 6.07 Å². The molecule has 1 aromatic heterocycles. The lowest BCUT2D eigenvalue weighted by molar-refractivity contribution is -0.385. The standard InChI is InChI=1S/C15H12BrN3O2/c16-13-3-2-12(8-15(13)19(20)21)18-9-10-1-4-14-11(7-10)5-6-17-14/h1-8,17-18H,9H2. The number of benzene rings is 2. The predicted octanol–water partition coefficient (Wildman–Crippen LogP) is 4.45. The van der Waals surface area contributed by atoms with Crippen molar-refractivity contribution in [2.45, 2.75) is 6.54 Å². The van der Waals surface area contributed by atoms with Crippen LogP contribution in [0.1, 0.15) is 5.56 Å². The molecule has 3 rings (SSSR count). The van der Waals surface area contributed by atoms with Crippen LogP contribution in [0.2, 0.25) is 0 Å². The van der Waals surface area contributed by atoms with Crippen LogP contribution in [0, 0.1) is 10.1 Å². The zero-order valence-electron chi connectivity index (χ0n) is 11.0. The van der Waals surface area contributed by atoms with Crippen molar-refractivity contribution in [2.75, 3.05) is 5.32 Å². The van der Waals surface area contributed by atoms with Gasteiger partial charge in [-0.15, -0.1) is 0 Å². The van der Waals surface area contributed by atoms with Gasteiger partial charge >= 0.3 is 0 Å². The molecule has 2 aromatic carbocycles. The van der Waals surface area contributed by atoms with Crippen LogP contribution in [0.25, 0.3) is 10.9 Å². The van der Waals surface area contributed by atoms with Crippen LogP contribution in [0.5, 0.6) is 0 Å². The minimum Gasteiger partial charge on any atom is -0.381 e. The van der Waals surface area contributed by atoms with Crippen LogP contribution >= 0.6 is 15.9 Å². The van der Waals surface area contributed by atoms with Gasteiger partial charge in [0.05, 0.1) is 9.40 Å². The molecule has 21 heavy (non-hydrogen) atoms. The Balaban J connectivity index is 1.77. The zero-order chi connectivity index (χ0) is 14.8. The summed E-state index contributed by atoms with van der Waals surface area (Å²) in [5, 5.41) is 15.3. The van der Waals surface area contributed by atoms with Crippen LogP contribution in [-0.4, -0.2) is 9.91 Å². The van der Waals surface area contributed by atoms with Gasteiger partial charge in [-0.1, -0.05) is 6.07 Å². The van der Waals surface area contributed by atoms with E-state index in [4.69, 9.17) is 0 Å². The molecule has 1 heterocycles. The Labute approximate surface area is 129 Å². The van der Waals surface area contributed by atoms with E-state index in [0.717, 1.165) is 22.2 Å². The number of rotatable bonds is 4. The number of nitro benzene ring substituents is 1. The second kappa shape index (κ2) is 5.57. The molecule has 0 saturated heterocycles. The molecule has 0 spiro atoms. The summed E-state index contributed by atoms with van der Waals surface area (Å²) >= 11 is 3.18. The zero-order valence-corrected chi connectivity index (χ0v) is 12.6. The Kier molecular flexibility index (Phi) is 3.62. The molecule has 0 bridgehead atoms. The monoisotopic (exact) mass is 345 g/mol. The van der Waals surface area contributed by atoms with Gasteiger partial charge in [0.2, 0.25) is 0 Å². The molecule has 0 aliphatic carbocycles. The maximum Gasteiger partial charge on any atom is 0.285 e. The molecule has 0 aliphatic rings. The fourth-order valence-corrected chi connectivity index (χ4v) is 2.57. The molecule has 106 valence electrons. The maximum absolute atomic E-state index is 10.9. The summed E-state index contributed by atoms with van der Waals surface area (Å²) < 4.78 is 0.479. The lowest BCUT2D eigenvalue weighted by Gasteiger charge is -2.07. The summed E-state index contributed by atoms with van der Waals surface area (Å²) in [5.74, 6) is 0. The van der Waals surface area contributed by atoms with Crippen LogP contribution in [0.3, 0.4) is 0 Å². The van der Waals surface area contributed by atoms with Crippen molar-refractivity contribution >= 4 is 38.2 Å². The van der Waals surface area contributed by atoms with E-state index in [2.05, 4.69) is 32.3 Å². The summed E-state index contributed by atoms with van der Waals surface area (Å²) in [7, 11) is 0. The number of aromatic amines is 1. The number of aromatic nitrogens is 1. The minimum atomic E-state index is -0.402. The number of nitrogens with zero attached hydrogens (tertiary/aromatic N) is 1. The summed E-state index contributed by atoms with van der Waals surface area (Å²) in [5.41, 5.74) is 2.99. The smallest absolute Gasteiger partial charge is 0.285 e. The Hall–Kier alpha value is -2.34. The fourth-order valence-electron chi connectivity index (χ4n) is 2.18. The van der Waals surface area contributed by atoms with E-state index in [0.29, 0.717) is 11.0 Å². The molecule has 6 heteroatoms. The first-order valence-corrected chi connectivity index (χ1v) is 7.16. The van der Waals surface area contributed by atoms with Gasteiger partial charge in [0, 0.05) is 30.0 Å². The molecule has 3 aromatic rings. The Morgan fingerprint density at radius 2 is 2.05 bits per heavy atom. The van der Waals surface area contributed by atoms with Crippen molar-refractivity contribution in [1.29, 1.82) is 0 Å². The van der Waals surface area contributed by atoms with Crippen LogP contribution in [0.4, 0.5) is 11.4 Å². The van der Waals surface area contributed by atoms with Crippen molar-refractivity contribution in [3.8, 4) is 0 Å². The maximum atomic E-state index is 10.9. The quantitative estimate of drug-likeness (QED) is 0.542. The van der Waals surface area contributed by atoms with Gasteiger partial charge in [-0.2, -0.15) is 0 Å². The van der Waals surface area contributed by atoms with E-state index in [1.165, 1.54) is 6.07 Å². The second-order valence-electron chi connectivity index (χ2n) is 4.68. The number of hydrogen-bond donors (Lipinski definition) is 2.